The molecular formula is C25H31N5O3S. The Hall–Kier alpha value is -3.01. The lowest BCUT2D eigenvalue weighted by atomic mass is 10.2. The summed E-state index contributed by atoms with van der Waals surface area (Å²) in [5.41, 5.74) is 2.78. The fourth-order valence-electron chi connectivity index (χ4n) is 4.12. The van der Waals surface area contributed by atoms with Gasteiger partial charge < -0.3 is 5.32 Å². The lowest BCUT2D eigenvalue weighted by molar-refractivity contribution is -0.117. The van der Waals surface area contributed by atoms with Crippen LogP contribution in [0.15, 0.2) is 71.9 Å². The molecule has 3 aromatic rings. The van der Waals surface area contributed by atoms with Crippen LogP contribution in [0.5, 0.6) is 0 Å². The summed E-state index contributed by atoms with van der Waals surface area (Å²) >= 11 is 0. The SMILES string of the molecule is CN(CC(=O)Nc1ccc(S(=O)(=O)N2CCCCC2)cc1)Cc1cnn(Cc2ccccc2)c1. The summed E-state index contributed by atoms with van der Waals surface area (Å²) in [4.78, 5) is 14.7. The van der Waals surface area contributed by atoms with E-state index in [1.807, 2.05) is 47.2 Å². The van der Waals surface area contributed by atoms with Crippen molar-refractivity contribution in [3.8, 4) is 0 Å². The molecule has 4 rings (SSSR count). The number of amides is 1. The number of likely N-dealkylation sites (N-methyl/N-ethyl adjacent to an activating group) is 1. The average molecular weight is 482 g/mol. The Balaban J connectivity index is 1.27. The Morgan fingerprint density at radius 1 is 1.00 bits per heavy atom. The number of carbonyl (C=O) groups excluding carboxylic acids is 1. The van der Waals surface area contributed by atoms with Crippen LogP contribution in [0.4, 0.5) is 5.69 Å². The van der Waals surface area contributed by atoms with Gasteiger partial charge in [-0.3, -0.25) is 14.4 Å². The summed E-state index contributed by atoms with van der Waals surface area (Å²) in [6.07, 6.45) is 6.67. The van der Waals surface area contributed by atoms with Crippen LogP contribution in [0.1, 0.15) is 30.4 Å². The van der Waals surface area contributed by atoms with E-state index in [9.17, 15) is 13.2 Å². The number of nitrogens with zero attached hydrogens (tertiary/aromatic N) is 4. The molecule has 8 nitrogen and oxygen atoms in total. The van der Waals surface area contributed by atoms with Crippen molar-refractivity contribution in [2.24, 2.45) is 0 Å². The van der Waals surface area contributed by atoms with Gasteiger partial charge in [-0.05, 0) is 49.7 Å². The van der Waals surface area contributed by atoms with Gasteiger partial charge in [0.1, 0.15) is 0 Å². The van der Waals surface area contributed by atoms with E-state index in [4.69, 9.17) is 0 Å². The van der Waals surface area contributed by atoms with Crippen molar-refractivity contribution in [3.05, 3.63) is 78.1 Å². The van der Waals surface area contributed by atoms with Gasteiger partial charge in [0.15, 0.2) is 0 Å². The predicted octanol–water partition coefficient (Wildman–Crippen LogP) is 3.18. The third-order valence-corrected chi connectivity index (χ3v) is 7.74. The minimum atomic E-state index is -3.47. The molecule has 0 bridgehead atoms. The number of nitrogens with one attached hydrogen (secondary N) is 1. The van der Waals surface area contributed by atoms with Gasteiger partial charge in [-0.2, -0.15) is 9.40 Å². The van der Waals surface area contributed by atoms with E-state index in [-0.39, 0.29) is 17.3 Å². The zero-order valence-corrected chi connectivity index (χ0v) is 20.2. The molecule has 1 amide bonds. The molecule has 1 N–H and O–H groups in total. The Morgan fingerprint density at radius 3 is 2.41 bits per heavy atom. The highest BCUT2D eigenvalue weighted by molar-refractivity contribution is 7.89. The molecular weight excluding hydrogens is 450 g/mol. The molecule has 9 heteroatoms. The van der Waals surface area contributed by atoms with Crippen molar-refractivity contribution < 1.29 is 13.2 Å². The van der Waals surface area contributed by atoms with Crippen molar-refractivity contribution in [2.75, 3.05) is 32.0 Å². The molecule has 180 valence electrons. The Labute approximate surface area is 201 Å². The maximum absolute atomic E-state index is 12.8. The molecule has 0 radical (unpaired) electrons. The van der Waals surface area contributed by atoms with Crippen LogP contribution in [0.2, 0.25) is 0 Å². The van der Waals surface area contributed by atoms with Gasteiger partial charge in [0.25, 0.3) is 0 Å². The third-order valence-electron chi connectivity index (χ3n) is 5.83. The lowest BCUT2D eigenvalue weighted by Gasteiger charge is -2.25. The second kappa shape index (κ2) is 10.9. The molecule has 1 aliphatic heterocycles. The number of hydrogen-bond donors (Lipinski definition) is 1. The summed E-state index contributed by atoms with van der Waals surface area (Å²) in [7, 11) is -1.60. The molecule has 0 unspecified atom stereocenters. The van der Waals surface area contributed by atoms with Crippen LogP contribution >= 0.6 is 0 Å². The zero-order valence-electron chi connectivity index (χ0n) is 19.4. The van der Waals surface area contributed by atoms with E-state index in [1.165, 1.54) is 5.56 Å². The second-order valence-corrected chi connectivity index (χ2v) is 10.7. The van der Waals surface area contributed by atoms with Gasteiger partial charge in [-0.15, -0.1) is 0 Å². The quantitative estimate of drug-likeness (QED) is 0.507. The van der Waals surface area contributed by atoms with Crippen LogP contribution in [-0.4, -0.2) is 60.0 Å². The number of carbonyl (C=O) groups is 1. The maximum atomic E-state index is 12.8. The number of benzene rings is 2. The minimum absolute atomic E-state index is 0.161. The normalized spacial score (nSPS) is 14.9. The van der Waals surface area contributed by atoms with E-state index < -0.39 is 10.0 Å². The Kier molecular flexibility index (Phi) is 7.77. The summed E-state index contributed by atoms with van der Waals surface area (Å²) in [6, 6.07) is 16.5. The predicted molar refractivity (Wildman–Crippen MR) is 132 cm³/mol. The Bertz CT molecular complexity index is 1190. The maximum Gasteiger partial charge on any atom is 0.243 e. The molecule has 0 spiro atoms. The average Bonchev–Trinajstić information content (AvgIpc) is 3.27. The van der Waals surface area contributed by atoms with Crippen LogP contribution < -0.4 is 5.32 Å². The van der Waals surface area contributed by atoms with Crippen LogP contribution in [-0.2, 0) is 27.9 Å². The van der Waals surface area contributed by atoms with Crippen LogP contribution in [0.3, 0.4) is 0 Å². The van der Waals surface area contributed by atoms with Gasteiger partial charge in [-0.1, -0.05) is 36.8 Å². The molecule has 1 aromatic heterocycles. The van der Waals surface area contributed by atoms with E-state index in [0.717, 1.165) is 24.8 Å². The van der Waals surface area contributed by atoms with Gasteiger partial charge in [-0.25, -0.2) is 8.42 Å². The number of aromatic nitrogens is 2. The summed E-state index contributed by atoms with van der Waals surface area (Å²) in [6.45, 7) is 2.64. The monoisotopic (exact) mass is 481 g/mol. The highest BCUT2D eigenvalue weighted by Gasteiger charge is 2.25. The number of sulfonamides is 1. The van der Waals surface area contributed by atoms with Gasteiger partial charge in [0.05, 0.1) is 24.2 Å². The number of hydrogen-bond acceptors (Lipinski definition) is 5. The van der Waals surface area contributed by atoms with Crippen molar-refractivity contribution >= 4 is 21.6 Å². The Morgan fingerprint density at radius 2 is 1.71 bits per heavy atom. The topological polar surface area (TPSA) is 87.5 Å². The van der Waals surface area contributed by atoms with Crippen molar-refractivity contribution in [3.63, 3.8) is 0 Å². The number of anilines is 1. The first-order chi connectivity index (χ1) is 16.4. The zero-order chi connectivity index (χ0) is 24.0. The fraction of sp³-hybridized carbons (Fsp3) is 0.360. The third kappa shape index (κ3) is 6.31. The lowest BCUT2D eigenvalue weighted by Crippen LogP contribution is -2.35. The van der Waals surface area contributed by atoms with Crippen LogP contribution in [0.25, 0.3) is 0 Å². The van der Waals surface area contributed by atoms with E-state index in [0.29, 0.717) is 31.9 Å². The molecule has 34 heavy (non-hydrogen) atoms. The molecule has 2 heterocycles. The summed E-state index contributed by atoms with van der Waals surface area (Å²) in [5, 5.41) is 7.25. The standard InChI is InChI=1S/C25H31N5O3S/c1-28(17-22-16-26-29(19-22)18-21-8-4-2-5-9-21)20-25(31)27-23-10-12-24(13-11-23)34(32,33)30-14-6-3-7-15-30/h2,4-5,8-13,16,19H,3,6-7,14-15,17-18,20H2,1H3,(H,27,31). The largest absolute Gasteiger partial charge is 0.325 e. The van der Waals surface area contributed by atoms with E-state index >= 15 is 0 Å². The molecule has 2 aromatic carbocycles. The summed E-state index contributed by atoms with van der Waals surface area (Å²) in [5.74, 6) is -0.161. The molecule has 1 fully saturated rings. The number of piperidine rings is 1. The van der Waals surface area contributed by atoms with E-state index in [1.54, 1.807) is 28.6 Å². The molecule has 0 saturated carbocycles. The van der Waals surface area contributed by atoms with Gasteiger partial charge in [0.2, 0.25) is 15.9 Å². The van der Waals surface area contributed by atoms with Crippen molar-refractivity contribution in [1.29, 1.82) is 0 Å². The number of rotatable bonds is 9. The highest BCUT2D eigenvalue weighted by Crippen LogP contribution is 2.22. The van der Waals surface area contributed by atoms with Crippen molar-refractivity contribution in [1.82, 2.24) is 19.0 Å². The molecule has 1 saturated heterocycles. The first-order valence-electron chi connectivity index (χ1n) is 11.5. The van der Waals surface area contributed by atoms with Crippen LogP contribution in [0, 0.1) is 0 Å². The highest BCUT2D eigenvalue weighted by atomic mass is 32.2. The second-order valence-electron chi connectivity index (χ2n) is 8.74. The van der Waals surface area contributed by atoms with E-state index in [2.05, 4.69) is 22.5 Å². The van der Waals surface area contributed by atoms with Gasteiger partial charge >= 0.3 is 0 Å². The fourth-order valence-corrected chi connectivity index (χ4v) is 5.64. The summed E-state index contributed by atoms with van der Waals surface area (Å²) < 4.78 is 29.0. The molecule has 0 aliphatic carbocycles. The van der Waals surface area contributed by atoms with Crippen molar-refractivity contribution in [2.45, 2.75) is 37.2 Å². The minimum Gasteiger partial charge on any atom is -0.325 e. The van der Waals surface area contributed by atoms with Gasteiger partial charge in [0, 0.05) is 37.1 Å². The first kappa shape index (κ1) is 24.1. The smallest absolute Gasteiger partial charge is 0.243 e. The molecule has 0 atom stereocenters. The first-order valence-corrected chi connectivity index (χ1v) is 13.0. The molecule has 1 aliphatic rings.